The summed E-state index contributed by atoms with van der Waals surface area (Å²) in [5.41, 5.74) is 0.364. The Morgan fingerprint density at radius 3 is 2.45 bits per heavy atom. The number of carbonyl (C=O) groups excluding carboxylic acids is 1. The molecule has 1 aromatic rings. The minimum absolute atomic E-state index is 0.127. The molecule has 1 aliphatic carbocycles. The average molecular weight is 436 g/mol. The molecule has 2 rings (SSSR count). The Kier molecular flexibility index (Phi) is 10.8. The van der Waals surface area contributed by atoms with E-state index in [9.17, 15) is 15.0 Å². The van der Waals surface area contributed by atoms with Crippen LogP contribution in [0.5, 0.6) is 0 Å². The first-order valence-electron chi connectivity index (χ1n) is 11.7. The second-order valence-corrected chi connectivity index (χ2v) is 9.71. The van der Waals surface area contributed by atoms with Gasteiger partial charge in [0.25, 0.3) is 0 Å². The van der Waals surface area contributed by atoms with Gasteiger partial charge in [0, 0.05) is 0 Å². The molecule has 0 spiro atoms. The van der Waals surface area contributed by atoms with Crippen LogP contribution in [0.25, 0.3) is 0 Å². The zero-order valence-electron chi connectivity index (χ0n) is 19.5. The number of benzene rings is 1. The van der Waals surface area contributed by atoms with Crippen LogP contribution >= 0.6 is 0 Å². The third kappa shape index (κ3) is 10.0. The van der Waals surface area contributed by atoms with Gasteiger partial charge in [-0.25, -0.2) is 4.79 Å². The predicted molar refractivity (Wildman–Crippen MR) is 122 cm³/mol. The fourth-order valence-electron chi connectivity index (χ4n) is 4.04. The fraction of sp³-hybridized carbons (Fsp3) is 0.720. The van der Waals surface area contributed by atoms with Gasteiger partial charge in [0.2, 0.25) is 0 Å². The highest BCUT2D eigenvalue weighted by Crippen LogP contribution is 2.28. The van der Waals surface area contributed by atoms with Crippen LogP contribution in [0, 0.1) is 5.92 Å². The Morgan fingerprint density at radius 2 is 1.84 bits per heavy atom. The van der Waals surface area contributed by atoms with Crippen LogP contribution in [0.1, 0.15) is 71.3 Å². The Bertz CT molecular complexity index is 625. The van der Waals surface area contributed by atoms with E-state index in [-0.39, 0.29) is 19.8 Å². The number of aliphatic hydroxyl groups excluding tert-OH is 2. The number of amides is 1. The lowest BCUT2D eigenvalue weighted by atomic mass is 9.85. The van der Waals surface area contributed by atoms with Crippen LogP contribution in [0.2, 0.25) is 0 Å². The highest BCUT2D eigenvalue weighted by Gasteiger charge is 2.30. The fourth-order valence-corrected chi connectivity index (χ4v) is 4.04. The number of hydrogen-bond acceptors (Lipinski definition) is 5. The summed E-state index contributed by atoms with van der Waals surface area (Å²) in [6.07, 6.45) is 6.75. The van der Waals surface area contributed by atoms with Gasteiger partial charge in [-0.15, -0.1) is 0 Å². The number of ether oxygens (including phenoxy) is 2. The van der Waals surface area contributed by atoms with Crippen molar-refractivity contribution in [2.24, 2.45) is 5.92 Å². The van der Waals surface area contributed by atoms with Gasteiger partial charge in [-0.1, -0.05) is 62.4 Å². The minimum Gasteiger partial charge on any atom is -0.444 e. The van der Waals surface area contributed by atoms with Crippen molar-refractivity contribution >= 4 is 6.09 Å². The second-order valence-electron chi connectivity index (χ2n) is 9.71. The third-order valence-corrected chi connectivity index (χ3v) is 5.74. The zero-order valence-corrected chi connectivity index (χ0v) is 19.5. The maximum Gasteiger partial charge on any atom is 0.410 e. The van der Waals surface area contributed by atoms with Gasteiger partial charge in [0.15, 0.2) is 0 Å². The molecular weight excluding hydrogens is 394 g/mol. The first-order chi connectivity index (χ1) is 14.8. The van der Waals surface area contributed by atoms with Gasteiger partial charge < -0.3 is 19.7 Å². The molecule has 2 N–H and O–H groups in total. The van der Waals surface area contributed by atoms with Crippen LogP contribution in [-0.2, 0) is 16.1 Å². The van der Waals surface area contributed by atoms with E-state index in [0.717, 1.165) is 12.0 Å². The van der Waals surface area contributed by atoms with Crippen molar-refractivity contribution < 1.29 is 24.5 Å². The van der Waals surface area contributed by atoms with Crippen LogP contribution in [-0.4, -0.2) is 58.7 Å². The Balaban J connectivity index is 1.94. The Labute approximate surface area is 187 Å². The first-order valence-corrected chi connectivity index (χ1v) is 11.7. The van der Waals surface area contributed by atoms with Crippen LogP contribution in [0.4, 0.5) is 4.79 Å². The summed E-state index contributed by atoms with van der Waals surface area (Å²) in [6, 6.07) is 9.18. The molecule has 2 atom stereocenters. The maximum atomic E-state index is 12.9. The number of carbonyl (C=O) groups is 1. The normalized spacial score (nSPS) is 17.2. The van der Waals surface area contributed by atoms with E-state index in [2.05, 4.69) is 0 Å². The zero-order chi connectivity index (χ0) is 22.7. The van der Waals surface area contributed by atoms with Crippen LogP contribution in [0.3, 0.4) is 0 Å². The van der Waals surface area contributed by atoms with Crippen molar-refractivity contribution in [2.75, 3.05) is 19.8 Å². The summed E-state index contributed by atoms with van der Waals surface area (Å²) >= 11 is 0. The molecule has 0 radical (unpaired) electrons. The van der Waals surface area contributed by atoms with Crippen molar-refractivity contribution in [3.8, 4) is 0 Å². The molecule has 0 bridgehead atoms. The molecule has 1 saturated carbocycles. The molecule has 0 aromatic heterocycles. The van der Waals surface area contributed by atoms with Crippen molar-refractivity contribution in [3.63, 3.8) is 0 Å². The van der Waals surface area contributed by atoms with Gasteiger partial charge in [-0.3, -0.25) is 4.90 Å². The molecule has 1 aliphatic rings. The largest absolute Gasteiger partial charge is 0.444 e. The summed E-state index contributed by atoms with van der Waals surface area (Å²) in [6.45, 7) is 5.85. The highest BCUT2D eigenvalue weighted by molar-refractivity contribution is 5.68. The van der Waals surface area contributed by atoms with Crippen LogP contribution in [0.15, 0.2) is 30.3 Å². The number of nitrogens with zero attached hydrogens (tertiary/aromatic N) is 1. The summed E-state index contributed by atoms with van der Waals surface area (Å²) < 4.78 is 11.3. The van der Waals surface area contributed by atoms with Crippen molar-refractivity contribution in [2.45, 2.75) is 90.1 Å². The highest BCUT2D eigenvalue weighted by atomic mass is 16.6. The standard InChI is InChI=1S/C25H41NO5/c1-25(2,3)31-24(29)26(16-23(28)15-14-20-10-6-4-7-11-20)22(17-27)19-30-18-21-12-8-5-9-13-21/h5,8-9,12-13,20,22-23,27-28H,4,6-7,10-11,14-19H2,1-3H3/t22?,23-/m0/s1. The van der Waals surface area contributed by atoms with Crippen molar-refractivity contribution in [3.05, 3.63) is 35.9 Å². The lowest BCUT2D eigenvalue weighted by molar-refractivity contribution is -0.0258. The second kappa shape index (κ2) is 13.0. The van der Waals surface area contributed by atoms with Crippen LogP contribution < -0.4 is 0 Å². The number of rotatable bonds is 11. The molecule has 1 amide bonds. The quantitative estimate of drug-likeness (QED) is 0.534. The van der Waals surface area contributed by atoms with Crippen molar-refractivity contribution in [1.29, 1.82) is 0 Å². The number of aliphatic hydroxyl groups is 2. The predicted octanol–water partition coefficient (Wildman–Crippen LogP) is 4.52. The van der Waals surface area contributed by atoms with Gasteiger partial charge in [-0.2, -0.15) is 0 Å². The van der Waals surface area contributed by atoms with E-state index >= 15 is 0 Å². The first kappa shape index (κ1) is 25.6. The van der Waals surface area contributed by atoms with E-state index in [0.29, 0.717) is 18.9 Å². The Morgan fingerprint density at radius 1 is 1.16 bits per heavy atom. The molecule has 1 fully saturated rings. The van der Waals surface area contributed by atoms with Gasteiger partial charge in [0.05, 0.1) is 38.5 Å². The van der Waals surface area contributed by atoms with E-state index in [1.54, 1.807) is 0 Å². The molecule has 6 heteroatoms. The molecule has 0 saturated heterocycles. The summed E-state index contributed by atoms with van der Waals surface area (Å²) in [4.78, 5) is 14.3. The van der Waals surface area contributed by atoms with Gasteiger partial charge in [-0.05, 0) is 45.1 Å². The molecule has 6 nitrogen and oxygen atoms in total. The molecule has 1 aromatic carbocycles. The molecule has 176 valence electrons. The van der Waals surface area contributed by atoms with E-state index in [4.69, 9.17) is 9.47 Å². The van der Waals surface area contributed by atoms with E-state index in [1.807, 2.05) is 51.1 Å². The van der Waals surface area contributed by atoms with E-state index in [1.165, 1.54) is 37.0 Å². The molecule has 31 heavy (non-hydrogen) atoms. The van der Waals surface area contributed by atoms with E-state index < -0.39 is 23.8 Å². The van der Waals surface area contributed by atoms with Crippen molar-refractivity contribution in [1.82, 2.24) is 4.90 Å². The SMILES string of the molecule is CC(C)(C)OC(=O)N(C[C@@H](O)CCC1CCCCC1)C(CO)COCc1ccccc1. The lowest BCUT2D eigenvalue weighted by Gasteiger charge is -2.34. The Hall–Kier alpha value is -1.63. The number of hydrogen-bond donors (Lipinski definition) is 2. The minimum atomic E-state index is -0.659. The maximum absolute atomic E-state index is 12.9. The topological polar surface area (TPSA) is 79.2 Å². The average Bonchev–Trinajstić information content (AvgIpc) is 2.74. The molecule has 0 heterocycles. The molecular formula is C25H41NO5. The third-order valence-electron chi connectivity index (χ3n) is 5.74. The summed E-state index contributed by atoms with van der Waals surface area (Å²) in [5, 5.41) is 20.6. The van der Waals surface area contributed by atoms with Gasteiger partial charge in [0.1, 0.15) is 5.60 Å². The smallest absolute Gasteiger partial charge is 0.410 e. The van der Waals surface area contributed by atoms with Gasteiger partial charge >= 0.3 is 6.09 Å². The summed E-state index contributed by atoms with van der Waals surface area (Å²) in [5.74, 6) is 0.668. The lowest BCUT2D eigenvalue weighted by Crippen LogP contribution is -2.50. The monoisotopic (exact) mass is 435 g/mol. The summed E-state index contributed by atoms with van der Waals surface area (Å²) in [7, 11) is 0. The molecule has 1 unspecified atom stereocenters. The molecule has 0 aliphatic heterocycles.